The first-order valence-electron chi connectivity index (χ1n) is 3.90. The maximum atomic E-state index is 9.77. The van der Waals surface area contributed by atoms with Gasteiger partial charge in [0, 0.05) is 33.2 Å². The Morgan fingerprint density at radius 3 is 2.19 bits per heavy atom. The van der Waals surface area contributed by atoms with Crippen LogP contribution in [0.5, 0.6) is 0 Å². The number of aromatic amines is 2. The van der Waals surface area contributed by atoms with E-state index in [9.17, 15) is 4.79 Å². The Bertz CT molecular complexity index is 358. The molecule has 2 aromatic heterocycles. The van der Waals surface area contributed by atoms with Crippen molar-refractivity contribution in [3.05, 3.63) is 36.4 Å². The average molecular weight is 229 g/mol. The third kappa shape index (κ3) is 6.57. The van der Waals surface area contributed by atoms with E-state index >= 15 is 0 Å². The molecule has 79 valence electrons. The van der Waals surface area contributed by atoms with Gasteiger partial charge in [-0.2, -0.15) is 0 Å². The molecule has 8 heteroatoms. The van der Waals surface area contributed by atoms with Gasteiger partial charge in [-0.3, -0.25) is 4.79 Å². The summed E-state index contributed by atoms with van der Waals surface area (Å²) in [6, 6.07) is 0. The van der Waals surface area contributed by atoms with Crippen molar-refractivity contribution < 1.29 is 40.9 Å². The van der Waals surface area contributed by atoms with Crippen LogP contribution in [-0.4, -0.2) is 39.7 Å². The summed E-state index contributed by atoms with van der Waals surface area (Å²) < 4.78 is 0. The normalized spacial score (nSPS) is 7.81. The molecule has 0 aromatic carbocycles. The first-order valence-corrected chi connectivity index (χ1v) is 3.90. The molecule has 0 amide bonds. The quantitative estimate of drug-likeness (QED) is 0.374. The average Bonchev–Trinajstić information content (AvgIpc) is 2.92. The van der Waals surface area contributed by atoms with Crippen LogP contribution in [0.3, 0.4) is 0 Å². The van der Waals surface area contributed by atoms with E-state index < -0.39 is 0 Å². The number of hydrogen-bond acceptors (Lipinski definition) is 4. The minimum atomic E-state index is -0.00694. The van der Waals surface area contributed by atoms with E-state index in [4.69, 9.17) is 5.11 Å². The first kappa shape index (κ1) is 17.5. The topological polar surface area (TPSA) is 94.7 Å². The Balaban J connectivity index is -0.000000196. The second kappa shape index (κ2) is 10.6. The van der Waals surface area contributed by atoms with Crippen molar-refractivity contribution in [1.82, 2.24) is 19.9 Å². The van der Waals surface area contributed by atoms with Crippen LogP contribution in [0.4, 0.5) is 0 Å². The standard InChI is InChI=1S/C4H6N2O.C4H4N2O.B.Na.H/c2*7-3-4-5-1-2-6-4;;;/h1-2,7H,3H2,(H,5,6);1-3H,(H,5,6);;;/q;;;+1;-1. The molecule has 0 saturated carbocycles. The zero-order valence-electron chi connectivity index (χ0n) is 9.92. The van der Waals surface area contributed by atoms with Crippen LogP contribution in [0, 0.1) is 0 Å². The third-order valence-electron chi connectivity index (χ3n) is 1.34. The second-order valence-electron chi connectivity index (χ2n) is 2.29. The van der Waals surface area contributed by atoms with E-state index in [1.807, 2.05) is 0 Å². The van der Waals surface area contributed by atoms with Gasteiger partial charge in [-0.25, -0.2) is 9.97 Å². The van der Waals surface area contributed by atoms with Crippen LogP contribution >= 0.6 is 0 Å². The van der Waals surface area contributed by atoms with Crippen LogP contribution in [-0.2, 0) is 6.61 Å². The van der Waals surface area contributed by atoms with Crippen molar-refractivity contribution in [2.45, 2.75) is 6.61 Å². The van der Waals surface area contributed by atoms with Gasteiger partial charge in [0.2, 0.25) is 0 Å². The summed E-state index contributed by atoms with van der Waals surface area (Å²) in [6.07, 6.45) is 7.07. The van der Waals surface area contributed by atoms with E-state index in [-0.39, 0.29) is 46.0 Å². The molecule has 0 aliphatic rings. The SMILES string of the molecule is O=Cc1ncc[nH]1.OCc1ncc[nH]1.[B].[H-].[Na+]. The number of imidazole rings is 2. The fourth-order valence-corrected chi connectivity index (χ4v) is 0.726. The molecule has 0 aliphatic carbocycles. The number of carbonyl (C=O) groups excluding carboxylic acids is 1. The monoisotopic (exact) mass is 229 g/mol. The molecule has 0 unspecified atom stereocenters. The smallest absolute Gasteiger partial charge is 1.00 e. The van der Waals surface area contributed by atoms with Gasteiger partial charge < -0.3 is 16.5 Å². The number of H-pyrrole nitrogens is 2. The van der Waals surface area contributed by atoms with Crippen LogP contribution in [0.25, 0.3) is 0 Å². The van der Waals surface area contributed by atoms with E-state index in [0.29, 0.717) is 17.9 Å². The van der Waals surface area contributed by atoms with Gasteiger partial charge in [0.05, 0.1) is 0 Å². The van der Waals surface area contributed by atoms with Crippen LogP contribution in [0.2, 0.25) is 0 Å². The molecule has 2 heterocycles. The van der Waals surface area contributed by atoms with Gasteiger partial charge in [-0.05, 0) is 0 Å². The molecule has 16 heavy (non-hydrogen) atoms. The predicted molar refractivity (Wildman–Crippen MR) is 55.4 cm³/mol. The minimum absolute atomic E-state index is 0. The van der Waals surface area contributed by atoms with E-state index in [1.54, 1.807) is 18.6 Å². The number of rotatable bonds is 2. The van der Waals surface area contributed by atoms with Crippen molar-refractivity contribution in [2.75, 3.05) is 0 Å². The summed E-state index contributed by atoms with van der Waals surface area (Å²) in [5, 5.41) is 8.33. The molecule has 0 saturated heterocycles. The van der Waals surface area contributed by atoms with Gasteiger partial charge in [0.15, 0.2) is 12.1 Å². The van der Waals surface area contributed by atoms with Crippen molar-refractivity contribution in [3.63, 3.8) is 0 Å². The molecule has 2 rings (SSSR count). The van der Waals surface area contributed by atoms with Gasteiger partial charge in [-0.15, -0.1) is 0 Å². The Kier molecular flexibility index (Phi) is 11.6. The summed E-state index contributed by atoms with van der Waals surface area (Å²) in [5.41, 5.74) is 0. The van der Waals surface area contributed by atoms with Crippen molar-refractivity contribution in [2.24, 2.45) is 0 Å². The van der Waals surface area contributed by atoms with E-state index in [1.165, 1.54) is 6.20 Å². The molecule has 0 aliphatic heterocycles. The Labute approximate surface area is 118 Å². The molecule has 0 fully saturated rings. The Hall–Kier alpha value is -0.885. The van der Waals surface area contributed by atoms with Crippen LogP contribution in [0.1, 0.15) is 17.9 Å². The first-order chi connectivity index (χ1) is 6.86. The molecule has 3 N–H and O–H groups in total. The molecular weight excluding hydrogens is 218 g/mol. The van der Waals surface area contributed by atoms with E-state index in [0.717, 1.165) is 0 Å². The molecule has 0 bridgehead atoms. The van der Waals surface area contributed by atoms with Gasteiger partial charge in [-0.1, -0.05) is 0 Å². The Morgan fingerprint density at radius 2 is 1.94 bits per heavy atom. The number of aldehydes is 1. The van der Waals surface area contributed by atoms with Crippen molar-refractivity contribution in [1.29, 1.82) is 0 Å². The zero-order valence-corrected chi connectivity index (χ0v) is 10.9. The van der Waals surface area contributed by atoms with Crippen LogP contribution in [0.15, 0.2) is 24.8 Å². The summed E-state index contributed by atoms with van der Waals surface area (Å²) in [7, 11) is 0. The summed E-state index contributed by atoms with van der Waals surface area (Å²) in [6.45, 7) is -0.00694. The van der Waals surface area contributed by atoms with Crippen LogP contribution < -0.4 is 29.6 Å². The number of nitrogens with one attached hydrogen (secondary N) is 2. The molecule has 6 nitrogen and oxygen atoms in total. The summed E-state index contributed by atoms with van der Waals surface area (Å²) in [4.78, 5) is 22.4. The number of aliphatic hydroxyl groups is 1. The molecule has 0 atom stereocenters. The number of nitrogens with zero attached hydrogens (tertiary/aromatic N) is 2. The Morgan fingerprint density at radius 1 is 1.31 bits per heavy atom. The third-order valence-corrected chi connectivity index (χ3v) is 1.34. The molecule has 0 spiro atoms. The number of hydrogen-bond donors (Lipinski definition) is 3. The van der Waals surface area contributed by atoms with Crippen molar-refractivity contribution in [3.8, 4) is 0 Å². The largest absolute Gasteiger partial charge is 1.00 e. The maximum Gasteiger partial charge on any atom is 1.00 e. The van der Waals surface area contributed by atoms with Gasteiger partial charge in [0.1, 0.15) is 12.4 Å². The molecule has 3 radical (unpaired) electrons. The van der Waals surface area contributed by atoms with E-state index in [2.05, 4.69) is 19.9 Å². The minimum Gasteiger partial charge on any atom is -1.00 e. The van der Waals surface area contributed by atoms with Crippen molar-refractivity contribution >= 4 is 14.7 Å². The summed E-state index contributed by atoms with van der Waals surface area (Å²) >= 11 is 0. The number of aromatic nitrogens is 4. The zero-order chi connectivity index (χ0) is 10.2. The van der Waals surface area contributed by atoms with Gasteiger partial charge >= 0.3 is 29.6 Å². The fraction of sp³-hybridized carbons (Fsp3) is 0.125. The predicted octanol–water partition coefficient (Wildman–Crippen LogP) is -3.14. The molecular formula is C8H11BN4NaO2. The fourth-order valence-electron chi connectivity index (χ4n) is 0.726. The second-order valence-corrected chi connectivity index (χ2v) is 2.29. The number of carbonyl (C=O) groups is 1. The van der Waals surface area contributed by atoms with Gasteiger partial charge in [0.25, 0.3) is 0 Å². The maximum absolute atomic E-state index is 9.77. The molecule has 2 aromatic rings. The number of aliphatic hydroxyl groups excluding tert-OH is 1. The summed E-state index contributed by atoms with van der Waals surface area (Å²) in [5.74, 6) is 0.986.